The van der Waals surface area contributed by atoms with Crippen molar-refractivity contribution in [1.82, 2.24) is 5.32 Å². The number of amides is 1. The number of halogens is 3. The van der Waals surface area contributed by atoms with Crippen LogP contribution in [0.1, 0.15) is 28.8 Å². The summed E-state index contributed by atoms with van der Waals surface area (Å²) in [7, 11) is 0. The van der Waals surface area contributed by atoms with E-state index in [1.54, 1.807) is 12.1 Å². The maximum Gasteiger partial charge on any atom is 0.262 e. The summed E-state index contributed by atoms with van der Waals surface area (Å²) in [5, 5.41) is 4.59. The average molecular weight is 367 g/mol. The molecule has 0 radical (unpaired) electrons. The van der Waals surface area contributed by atoms with Crippen molar-refractivity contribution in [3.8, 4) is 0 Å². The Kier molecular flexibility index (Phi) is 6.36. The van der Waals surface area contributed by atoms with E-state index in [4.69, 9.17) is 39.5 Å². The van der Waals surface area contributed by atoms with E-state index in [0.717, 1.165) is 25.0 Å². The number of benzene rings is 1. The van der Waals surface area contributed by atoms with Gasteiger partial charge in [-0.15, -0.1) is 0 Å². The van der Waals surface area contributed by atoms with E-state index < -0.39 is 9.96 Å². The van der Waals surface area contributed by atoms with Crippen molar-refractivity contribution in [1.29, 1.82) is 0 Å². The van der Waals surface area contributed by atoms with Gasteiger partial charge in [-0.25, -0.2) is 0 Å². The number of ether oxygens (including phenoxy) is 1. The lowest BCUT2D eigenvalue weighted by Crippen LogP contribution is -2.97. The Hall–Kier alpha value is -0.520. The highest BCUT2D eigenvalue weighted by atomic mass is 35.6. The third kappa shape index (κ3) is 5.28. The second kappa shape index (κ2) is 7.84. The first-order valence-electron chi connectivity index (χ1n) is 7.25. The standard InChI is InChI=1S/C15H19Cl3N2O2/c1-10-4-2-5-11(8-10)13(21)20-14(15(16,17)18)19-9-12-6-3-7-22-12/h2,4-5,8,12,14,19H,3,6-7,9H2,1H3,(H,20,21)/p+1/t12-,14-/m0/s1. The second-order valence-corrected chi connectivity index (χ2v) is 7.84. The number of carbonyl (C=O) groups excluding carboxylic acids is 1. The molecule has 1 saturated heterocycles. The molecule has 0 bridgehead atoms. The highest BCUT2D eigenvalue weighted by Crippen LogP contribution is 2.27. The quantitative estimate of drug-likeness (QED) is 0.620. The number of rotatable bonds is 5. The minimum Gasteiger partial charge on any atom is -0.372 e. The molecule has 1 aliphatic heterocycles. The van der Waals surface area contributed by atoms with E-state index in [2.05, 4.69) is 5.32 Å². The van der Waals surface area contributed by atoms with Crippen LogP contribution in [0.15, 0.2) is 24.3 Å². The maximum absolute atomic E-state index is 12.3. The molecule has 0 aliphatic carbocycles. The Morgan fingerprint density at radius 1 is 1.50 bits per heavy atom. The van der Waals surface area contributed by atoms with E-state index in [1.165, 1.54) is 0 Å². The van der Waals surface area contributed by atoms with Crippen LogP contribution in [0.2, 0.25) is 0 Å². The van der Waals surface area contributed by atoms with Crippen molar-refractivity contribution in [3.05, 3.63) is 35.4 Å². The summed E-state index contributed by atoms with van der Waals surface area (Å²) in [6.45, 7) is 3.34. The zero-order valence-corrected chi connectivity index (χ0v) is 14.6. The van der Waals surface area contributed by atoms with Crippen LogP contribution in [0.3, 0.4) is 0 Å². The monoisotopic (exact) mass is 365 g/mol. The van der Waals surface area contributed by atoms with Gasteiger partial charge >= 0.3 is 0 Å². The summed E-state index contributed by atoms with van der Waals surface area (Å²) in [5.74, 6) is -0.261. The van der Waals surface area contributed by atoms with Crippen LogP contribution in [0.4, 0.5) is 0 Å². The summed E-state index contributed by atoms with van der Waals surface area (Å²) < 4.78 is 3.95. The van der Waals surface area contributed by atoms with Crippen LogP contribution < -0.4 is 10.6 Å². The van der Waals surface area contributed by atoms with Crippen LogP contribution in [-0.4, -0.2) is 35.1 Å². The molecule has 1 fully saturated rings. The topological polar surface area (TPSA) is 54.9 Å². The first kappa shape index (κ1) is 17.8. The first-order chi connectivity index (χ1) is 10.4. The Bertz CT molecular complexity index is 514. The van der Waals surface area contributed by atoms with Gasteiger partial charge in [0.2, 0.25) is 6.17 Å². The SMILES string of the molecule is Cc1cccc(C(=O)N[C@H]([NH2+]C[C@@H]2CCCO2)C(Cl)(Cl)Cl)c1. The van der Waals surface area contributed by atoms with Crippen molar-refractivity contribution in [2.45, 2.75) is 35.8 Å². The summed E-state index contributed by atoms with van der Waals surface area (Å²) in [4.78, 5) is 12.3. The number of alkyl halides is 3. The largest absolute Gasteiger partial charge is 0.372 e. The van der Waals surface area contributed by atoms with Crippen LogP contribution in [-0.2, 0) is 4.74 Å². The van der Waals surface area contributed by atoms with Gasteiger partial charge in [0.05, 0.1) is 0 Å². The normalized spacial score (nSPS) is 19.9. The smallest absolute Gasteiger partial charge is 0.262 e. The third-order valence-electron chi connectivity index (χ3n) is 3.58. The first-order valence-corrected chi connectivity index (χ1v) is 8.39. The van der Waals surface area contributed by atoms with Gasteiger partial charge in [-0.2, -0.15) is 0 Å². The fraction of sp³-hybridized carbons (Fsp3) is 0.533. The third-order valence-corrected chi connectivity index (χ3v) is 4.28. The Morgan fingerprint density at radius 3 is 2.86 bits per heavy atom. The predicted molar refractivity (Wildman–Crippen MR) is 88.5 cm³/mol. The van der Waals surface area contributed by atoms with Crippen molar-refractivity contribution in [2.75, 3.05) is 13.2 Å². The van der Waals surface area contributed by atoms with Gasteiger partial charge in [-0.05, 0) is 31.9 Å². The number of hydrogen-bond donors (Lipinski definition) is 2. The van der Waals surface area contributed by atoms with Crippen molar-refractivity contribution >= 4 is 40.7 Å². The van der Waals surface area contributed by atoms with E-state index >= 15 is 0 Å². The molecule has 1 amide bonds. The molecule has 2 rings (SSSR count). The van der Waals surface area contributed by atoms with Gasteiger partial charge in [0.1, 0.15) is 12.6 Å². The molecule has 0 aromatic heterocycles. The molecule has 1 aromatic carbocycles. The van der Waals surface area contributed by atoms with E-state index in [9.17, 15) is 4.79 Å². The van der Waals surface area contributed by atoms with E-state index in [0.29, 0.717) is 12.1 Å². The minimum atomic E-state index is -1.60. The molecule has 1 aliphatic rings. The molecule has 122 valence electrons. The fourth-order valence-electron chi connectivity index (χ4n) is 2.40. The highest BCUT2D eigenvalue weighted by molar-refractivity contribution is 6.68. The molecule has 1 heterocycles. The number of hydrogen-bond acceptors (Lipinski definition) is 2. The summed E-state index contributed by atoms with van der Waals surface area (Å²) in [6, 6.07) is 7.28. The number of aryl methyl sites for hydroxylation is 1. The molecule has 0 saturated carbocycles. The van der Waals surface area contributed by atoms with Gasteiger partial charge in [0.25, 0.3) is 9.70 Å². The fourth-order valence-corrected chi connectivity index (χ4v) is 2.83. The van der Waals surface area contributed by atoms with Gasteiger partial charge < -0.3 is 10.1 Å². The average Bonchev–Trinajstić information content (AvgIpc) is 2.95. The van der Waals surface area contributed by atoms with Crippen LogP contribution in [0, 0.1) is 6.92 Å². The maximum atomic E-state index is 12.3. The Labute approximate surface area is 145 Å². The number of nitrogens with one attached hydrogen (secondary N) is 1. The van der Waals surface area contributed by atoms with Gasteiger partial charge in [0.15, 0.2) is 0 Å². The lowest BCUT2D eigenvalue weighted by atomic mass is 10.1. The van der Waals surface area contributed by atoms with Gasteiger partial charge in [-0.3, -0.25) is 10.1 Å². The molecule has 1 aromatic rings. The molecule has 0 spiro atoms. The van der Waals surface area contributed by atoms with Crippen molar-refractivity contribution in [2.24, 2.45) is 0 Å². The van der Waals surface area contributed by atoms with Crippen molar-refractivity contribution in [3.63, 3.8) is 0 Å². The molecule has 3 N–H and O–H groups in total. The predicted octanol–water partition coefficient (Wildman–Crippen LogP) is 2.16. The van der Waals surface area contributed by atoms with E-state index in [1.807, 2.05) is 24.4 Å². The molecular weight excluding hydrogens is 347 g/mol. The summed E-state index contributed by atoms with van der Waals surface area (Å²) >= 11 is 18.0. The van der Waals surface area contributed by atoms with Crippen LogP contribution in [0.25, 0.3) is 0 Å². The highest BCUT2D eigenvalue weighted by Gasteiger charge is 2.38. The van der Waals surface area contributed by atoms with Crippen LogP contribution >= 0.6 is 34.8 Å². The molecule has 7 heteroatoms. The lowest BCUT2D eigenvalue weighted by molar-refractivity contribution is -0.697. The lowest BCUT2D eigenvalue weighted by Gasteiger charge is -2.24. The van der Waals surface area contributed by atoms with E-state index in [-0.39, 0.29) is 12.0 Å². The summed E-state index contributed by atoms with van der Waals surface area (Å²) in [5.41, 5.74) is 1.55. The van der Waals surface area contributed by atoms with Crippen LogP contribution in [0.5, 0.6) is 0 Å². The van der Waals surface area contributed by atoms with Gasteiger partial charge in [0, 0.05) is 12.2 Å². The Morgan fingerprint density at radius 2 is 2.27 bits per heavy atom. The molecule has 0 unspecified atom stereocenters. The molecule has 22 heavy (non-hydrogen) atoms. The number of quaternary nitrogens is 1. The molecule has 2 atom stereocenters. The summed E-state index contributed by atoms with van der Waals surface area (Å²) in [6.07, 6.45) is 1.52. The second-order valence-electron chi connectivity index (χ2n) is 5.47. The number of carbonyl (C=O) groups is 1. The molecular formula is C15H20Cl3N2O2+. The van der Waals surface area contributed by atoms with Gasteiger partial charge in [-0.1, -0.05) is 52.5 Å². The Balaban J connectivity index is 1.98. The van der Waals surface area contributed by atoms with Crippen molar-refractivity contribution < 1.29 is 14.8 Å². The number of nitrogens with two attached hydrogens (primary N) is 1. The zero-order chi connectivity index (χ0) is 16.2. The molecule has 4 nitrogen and oxygen atoms in total. The zero-order valence-electron chi connectivity index (χ0n) is 12.3. The minimum absolute atomic E-state index is 0.144.